The number of nitrogens with one attached hydrogen (secondary N) is 2. The summed E-state index contributed by atoms with van der Waals surface area (Å²) >= 11 is 0. The van der Waals surface area contributed by atoms with Crippen LogP contribution in [-0.2, 0) is 16.0 Å². The van der Waals surface area contributed by atoms with Crippen molar-refractivity contribution in [1.29, 1.82) is 0 Å². The molecular weight excluding hydrogens is 298 g/mol. The first-order valence-corrected chi connectivity index (χ1v) is 7.12. The normalized spacial score (nSPS) is 12.3. The minimum absolute atomic E-state index is 0.196. The molecule has 1 aliphatic rings. The van der Waals surface area contributed by atoms with Gasteiger partial charge in [-0.15, -0.1) is 0 Å². The van der Waals surface area contributed by atoms with Crippen molar-refractivity contribution < 1.29 is 19.7 Å². The molecule has 1 aliphatic heterocycles. The van der Waals surface area contributed by atoms with Crippen molar-refractivity contribution in [3.05, 3.63) is 42.0 Å². The maximum Gasteiger partial charge on any atom is 0.305 e. The monoisotopic (exact) mass is 315 g/mol. The highest BCUT2D eigenvalue weighted by Crippen LogP contribution is 2.40. The molecule has 7 heteroatoms. The number of hydrogen-bond acceptors (Lipinski definition) is 7. The Bertz CT molecular complexity index is 723. The standard InChI is InChI=1S/C16H17N3O4/c1-23-15(21)7-6-10-8-13(16(22)14(20)9-10)19-17-11-4-2-3-5-12(11)18-19/h2-5,8-9,17-18,20,22H,6-7H2,1H3. The molecule has 2 aromatic rings. The van der Waals surface area contributed by atoms with Gasteiger partial charge in [0.05, 0.1) is 18.5 Å². The quantitative estimate of drug-likeness (QED) is 0.508. The zero-order valence-electron chi connectivity index (χ0n) is 12.5. The second kappa shape index (κ2) is 5.96. The fraction of sp³-hybridized carbons (Fsp3) is 0.188. The van der Waals surface area contributed by atoms with Crippen LogP contribution in [0.2, 0.25) is 0 Å². The molecule has 2 aromatic carbocycles. The van der Waals surface area contributed by atoms with Gasteiger partial charge in [0.1, 0.15) is 5.69 Å². The first-order valence-electron chi connectivity index (χ1n) is 7.12. The van der Waals surface area contributed by atoms with Gasteiger partial charge in [-0.3, -0.25) is 15.6 Å². The van der Waals surface area contributed by atoms with Crippen molar-refractivity contribution >= 4 is 23.0 Å². The summed E-state index contributed by atoms with van der Waals surface area (Å²) in [6, 6.07) is 10.7. The third-order valence-corrected chi connectivity index (χ3v) is 3.61. The lowest BCUT2D eigenvalue weighted by Crippen LogP contribution is -2.29. The lowest BCUT2D eigenvalue weighted by molar-refractivity contribution is -0.140. The number of para-hydroxylation sites is 2. The van der Waals surface area contributed by atoms with Crippen molar-refractivity contribution in [1.82, 2.24) is 0 Å². The molecule has 0 aromatic heterocycles. The van der Waals surface area contributed by atoms with E-state index in [1.165, 1.54) is 18.3 Å². The maximum absolute atomic E-state index is 11.3. The Kier molecular flexibility index (Phi) is 3.84. The molecule has 4 N–H and O–H groups in total. The number of anilines is 3. The van der Waals surface area contributed by atoms with Gasteiger partial charge in [0.15, 0.2) is 11.5 Å². The SMILES string of the molecule is COC(=O)CCc1cc(O)c(O)c(N2Nc3ccccc3N2)c1. The summed E-state index contributed by atoms with van der Waals surface area (Å²) in [6.07, 6.45) is 0.593. The Morgan fingerprint density at radius 2 is 1.83 bits per heavy atom. The summed E-state index contributed by atoms with van der Waals surface area (Å²) in [4.78, 5) is 11.3. The van der Waals surface area contributed by atoms with Crippen molar-refractivity contribution in [3.63, 3.8) is 0 Å². The number of phenolic OH excluding ortho intramolecular Hbond substituents is 2. The molecule has 0 spiro atoms. The molecule has 0 saturated heterocycles. The van der Waals surface area contributed by atoms with E-state index in [0.29, 0.717) is 17.7 Å². The largest absolute Gasteiger partial charge is 0.504 e. The number of hydrogen-bond donors (Lipinski definition) is 4. The average Bonchev–Trinajstić information content (AvgIpc) is 2.99. The molecule has 0 radical (unpaired) electrons. The molecule has 3 rings (SSSR count). The van der Waals surface area contributed by atoms with Gasteiger partial charge in [0, 0.05) is 6.42 Å². The Labute approximate surface area is 133 Å². The van der Waals surface area contributed by atoms with Crippen LogP contribution in [0.5, 0.6) is 11.5 Å². The lowest BCUT2D eigenvalue weighted by atomic mass is 10.1. The molecule has 0 amide bonds. The molecule has 7 nitrogen and oxygen atoms in total. The first kappa shape index (κ1) is 14.8. The fourth-order valence-electron chi connectivity index (χ4n) is 2.39. The third-order valence-electron chi connectivity index (χ3n) is 3.61. The van der Waals surface area contributed by atoms with Gasteiger partial charge < -0.3 is 14.9 Å². The van der Waals surface area contributed by atoms with E-state index in [-0.39, 0.29) is 23.9 Å². The van der Waals surface area contributed by atoms with E-state index in [1.54, 1.807) is 6.07 Å². The van der Waals surface area contributed by atoms with Crippen LogP contribution in [0.4, 0.5) is 17.1 Å². The molecule has 0 unspecified atom stereocenters. The van der Waals surface area contributed by atoms with Gasteiger partial charge in [-0.2, -0.15) is 5.12 Å². The van der Waals surface area contributed by atoms with Crippen LogP contribution >= 0.6 is 0 Å². The van der Waals surface area contributed by atoms with Gasteiger partial charge in [-0.25, -0.2) is 0 Å². The third kappa shape index (κ3) is 2.94. The number of nitrogens with zero attached hydrogens (tertiary/aromatic N) is 1. The topological polar surface area (TPSA) is 94.1 Å². The fourth-order valence-corrected chi connectivity index (χ4v) is 2.39. The number of esters is 1. The van der Waals surface area contributed by atoms with E-state index in [4.69, 9.17) is 0 Å². The number of aromatic hydroxyl groups is 2. The Hall–Kier alpha value is -3.09. The highest BCUT2D eigenvalue weighted by molar-refractivity contribution is 5.81. The Morgan fingerprint density at radius 1 is 1.17 bits per heavy atom. The summed E-state index contributed by atoms with van der Waals surface area (Å²) in [6.45, 7) is 0. The van der Waals surface area contributed by atoms with Crippen LogP contribution in [0, 0.1) is 0 Å². The predicted molar refractivity (Wildman–Crippen MR) is 86.3 cm³/mol. The van der Waals surface area contributed by atoms with Crippen molar-refractivity contribution in [3.8, 4) is 11.5 Å². The molecule has 0 saturated carbocycles. The molecule has 0 atom stereocenters. The van der Waals surface area contributed by atoms with E-state index < -0.39 is 0 Å². The molecule has 23 heavy (non-hydrogen) atoms. The van der Waals surface area contributed by atoms with Gasteiger partial charge >= 0.3 is 5.97 Å². The van der Waals surface area contributed by atoms with Crippen LogP contribution in [0.3, 0.4) is 0 Å². The zero-order chi connectivity index (χ0) is 16.4. The Morgan fingerprint density at radius 3 is 2.43 bits per heavy atom. The van der Waals surface area contributed by atoms with E-state index in [2.05, 4.69) is 15.6 Å². The van der Waals surface area contributed by atoms with Crippen LogP contribution in [0.1, 0.15) is 12.0 Å². The number of ether oxygens (including phenoxy) is 1. The predicted octanol–water partition coefficient (Wildman–Crippen LogP) is 2.38. The second-order valence-electron chi connectivity index (χ2n) is 5.16. The van der Waals surface area contributed by atoms with Crippen molar-refractivity contribution in [2.75, 3.05) is 23.1 Å². The summed E-state index contributed by atoms with van der Waals surface area (Å²) in [5, 5.41) is 21.6. The van der Waals surface area contributed by atoms with Gasteiger partial charge in [-0.1, -0.05) is 12.1 Å². The Balaban J connectivity index is 1.85. The number of fused-ring (bicyclic) bond motifs is 1. The molecule has 1 heterocycles. The number of hydrazine groups is 2. The summed E-state index contributed by atoms with van der Waals surface area (Å²) in [5.41, 5.74) is 8.94. The van der Waals surface area contributed by atoms with Crippen molar-refractivity contribution in [2.45, 2.75) is 12.8 Å². The van der Waals surface area contributed by atoms with Gasteiger partial charge in [0.2, 0.25) is 0 Å². The molecule has 120 valence electrons. The van der Waals surface area contributed by atoms with E-state index in [0.717, 1.165) is 11.4 Å². The molecular formula is C16H17N3O4. The summed E-state index contributed by atoms with van der Waals surface area (Å²) in [5.74, 6) is -0.828. The number of carbonyl (C=O) groups is 1. The van der Waals surface area contributed by atoms with E-state index in [9.17, 15) is 15.0 Å². The first-order chi connectivity index (χ1) is 11.1. The van der Waals surface area contributed by atoms with Gasteiger partial charge in [-0.05, 0) is 36.2 Å². The average molecular weight is 315 g/mol. The number of carbonyl (C=O) groups excluding carboxylic acids is 1. The number of methoxy groups -OCH3 is 1. The molecule has 0 aliphatic carbocycles. The molecule has 0 bridgehead atoms. The smallest absolute Gasteiger partial charge is 0.305 e. The van der Waals surface area contributed by atoms with Crippen LogP contribution < -0.4 is 16.0 Å². The van der Waals surface area contributed by atoms with Crippen LogP contribution in [0.25, 0.3) is 0 Å². The van der Waals surface area contributed by atoms with Crippen LogP contribution in [-0.4, -0.2) is 23.3 Å². The van der Waals surface area contributed by atoms with Crippen molar-refractivity contribution in [2.24, 2.45) is 0 Å². The van der Waals surface area contributed by atoms with E-state index in [1.807, 2.05) is 24.3 Å². The second-order valence-corrected chi connectivity index (χ2v) is 5.16. The summed E-state index contributed by atoms with van der Waals surface area (Å²) in [7, 11) is 1.33. The summed E-state index contributed by atoms with van der Waals surface area (Å²) < 4.78 is 4.61. The number of benzene rings is 2. The highest BCUT2D eigenvalue weighted by Gasteiger charge is 2.22. The maximum atomic E-state index is 11.3. The molecule has 0 fully saturated rings. The minimum atomic E-state index is -0.330. The number of rotatable bonds is 4. The minimum Gasteiger partial charge on any atom is -0.504 e. The number of aryl methyl sites for hydroxylation is 1. The van der Waals surface area contributed by atoms with Gasteiger partial charge in [0.25, 0.3) is 0 Å². The number of phenols is 2. The van der Waals surface area contributed by atoms with E-state index >= 15 is 0 Å². The lowest BCUT2D eigenvalue weighted by Gasteiger charge is -2.21. The van der Waals surface area contributed by atoms with Crippen LogP contribution in [0.15, 0.2) is 36.4 Å². The zero-order valence-corrected chi connectivity index (χ0v) is 12.5. The highest BCUT2D eigenvalue weighted by atomic mass is 16.5.